The van der Waals surface area contributed by atoms with Gasteiger partial charge in [-0.1, -0.05) is 6.07 Å². The predicted molar refractivity (Wildman–Crippen MR) is 73.6 cm³/mol. The molecule has 0 amide bonds. The molecule has 0 aromatic heterocycles. The Morgan fingerprint density at radius 1 is 1.29 bits per heavy atom. The molecule has 0 heterocycles. The summed E-state index contributed by atoms with van der Waals surface area (Å²) in [4.78, 5) is 2.03. The highest BCUT2D eigenvalue weighted by Gasteiger charge is 2.01. The average Bonchev–Trinajstić information content (AvgIpc) is 2.23. The minimum Gasteiger partial charge on any atom is -0.385 e. The van der Waals surface area contributed by atoms with Crippen molar-refractivity contribution in [3.63, 3.8) is 0 Å². The zero-order valence-corrected chi connectivity index (χ0v) is 11.4. The molecular weight excluding hydrogens is 236 g/mol. The van der Waals surface area contributed by atoms with Gasteiger partial charge in [0.25, 0.3) is 0 Å². The van der Waals surface area contributed by atoms with Crippen molar-refractivity contribution < 1.29 is 8.42 Å². The van der Waals surface area contributed by atoms with Crippen LogP contribution in [0.1, 0.15) is 6.42 Å². The molecule has 0 saturated heterocycles. The summed E-state index contributed by atoms with van der Waals surface area (Å²) in [5.41, 5.74) is 2.14. The monoisotopic (exact) mass is 256 g/mol. The number of sulfone groups is 1. The fourth-order valence-corrected chi connectivity index (χ4v) is 2.13. The first-order chi connectivity index (χ1) is 7.88. The van der Waals surface area contributed by atoms with Crippen molar-refractivity contribution in [3.8, 4) is 0 Å². The Morgan fingerprint density at radius 2 is 2.00 bits per heavy atom. The summed E-state index contributed by atoms with van der Waals surface area (Å²) < 4.78 is 21.9. The predicted octanol–water partition coefficient (Wildman–Crippen LogP) is 1.60. The van der Waals surface area contributed by atoms with Crippen molar-refractivity contribution in [1.29, 1.82) is 0 Å². The largest absolute Gasteiger partial charge is 0.385 e. The molecule has 1 aromatic rings. The van der Waals surface area contributed by atoms with Crippen LogP contribution in [0.4, 0.5) is 11.4 Å². The van der Waals surface area contributed by atoms with E-state index in [0.29, 0.717) is 13.0 Å². The second-order valence-electron chi connectivity index (χ2n) is 4.35. The first-order valence-electron chi connectivity index (χ1n) is 5.57. The summed E-state index contributed by atoms with van der Waals surface area (Å²) in [5.74, 6) is 0.230. The first-order valence-corrected chi connectivity index (χ1v) is 7.63. The van der Waals surface area contributed by atoms with Gasteiger partial charge in [-0.25, -0.2) is 8.42 Å². The molecule has 0 aliphatic carbocycles. The van der Waals surface area contributed by atoms with Crippen molar-refractivity contribution >= 4 is 21.2 Å². The Labute approximate surface area is 104 Å². The van der Waals surface area contributed by atoms with Crippen LogP contribution in [0.5, 0.6) is 0 Å². The Hall–Kier alpha value is -1.23. The van der Waals surface area contributed by atoms with Crippen LogP contribution in [0.15, 0.2) is 24.3 Å². The van der Waals surface area contributed by atoms with Crippen LogP contribution < -0.4 is 10.2 Å². The summed E-state index contributed by atoms with van der Waals surface area (Å²) in [5, 5.41) is 3.22. The first kappa shape index (κ1) is 13.8. The van der Waals surface area contributed by atoms with Gasteiger partial charge in [0, 0.05) is 38.3 Å². The number of hydrogen-bond donors (Lipinski definition) is 1. The smallest absolute Gasteiger partial charge is 0.147 e. The molecule has 0 unspecified atom stereocenters. The van der Waals surface area contributed by atoms with Gasteiger partial charge in [0.05, 0.1) is 5.75 Å². The van der Waals surface area contributed by atoms with Crippen LogP contribution >= 0.6 is 0 Å². The maximum Gasteiger partial charge on any atom is 0.147 e. The topological polar surface area (TPSA) is 49.4 Å². The Kier molecular flexibility index (Phi) is 4.81. The number of benzene rings is 1. The highest BCUT2D eigenvalue weighted by molar-refractivity contribution is 7.90. The Morgan fingerprint density at radius 3 is 2.59 bits per heavy atom. The number of hydrogen-bond acceptors (Lipinski definition) is 4. The maximum atomic E-state index is 11.0. The van der Waals surface area contributed by atoms with Crippen LogP contribution in [-0.2, 0) is 9.84 Å². The molecule has 0 aliphatic heterocycles. The van der Waals surface area contributed by atoms with E-state index in [0.717, 1.165) is 11.4 Å². The van der Waals surface area contributed by atoms with Crippen LogP contribution in [0, 0.1) is 0 Å². The summed E-state index contributed by atoms with van der Waals surface area (Å²) in [7, 11) is 1.13. The van der Waals surface area contributed by atoms with Gasteiger partial charge in [-0.05, 0) is 24.6 Å². The van der Waals surface area contributed by atoms with Gasteiger partial charge in [-0.3, -0.25) is 0 Å². The molecule has 1 rings (SSSR count). The molecule has 0 spiro atoms. The van der Waals surface area contributed by atoms with E-state index in [1.807, 2.05) is 43.3 Å². The second-order valence-corrected chi connectivity index (χ2v) is 6.61. The van der Waals surface area contributed by atoms with E-state index in [9.17, 15) is 8.42 Å². The lowest BCUT2D eigenvalue weighted by molar-refractivity contribution is 0.600. The number of nitrogens with one attached hydrogen (secondary N) is 1. The average molecular weight is 256 g/mol. The molecule has 0 radical (unpaired) electrons. The number of anilines is 2. The van der Waals surface area contributed by atoms with Gasteiger partial charge >= 0.3 is 0 Å². The van der Waals surface area contributed by atoms with E-state index in [-0.39, 0.29) is 5.75 Å². The van der Waals surface area contributed by atoms with Gasteiger partial charge in [-0.15, -0.1) is 0 Å². The Bertz CT molecular complexity index is 455. The third kappa shape index (κ3) is 5.58. The number of nitrogens with zero attached hydrogens (tertiary/aromatic N) is 1. The van der Waals surface area contributed by atoms with E-state index >= 15 is 0 Å². The summed E-state index contributed by atoms with van der Waals surface area (Å²) in [6, 6.07) is 8.03. The van der Waals surface area contributed by atoms with Crippen LogP contribution in [0.3, 0.4) is 0 Å². The molecule has 5 heteroatoms. The third-order valence-corrected chi connectivity index (χ3v) is 3.41. The fourth-order valence-electron chi connectivity index (χ4n) is 1.46. The lowest BCUT2D eigenvalue weighted by Gasteiger charge is -2.14. The molecule has 0 saturated carbocycles. The molecule has 4 nitrogen and oxygen atoms in total. The van der Waals surface area contributed by atoms with Crippen molar-refractivity contribution in [2.24, 2.45) is 0 Å². The molecule has 1 aromatic carbocycles. The molecule has 1 N–H and O–H groups in total. The molecule has 0 aliphatic rings. The molecule has 96 valence electrons. The van der Waals surface area contributed by atoms with Crippen molar-refractivity contribution in [2.75, 3.05) is 42.9 Å². The van der Waals surface area contributed by atoms with E-state index in [1.54, 1.807) is 0 Å². The molecule has 0 fully saturated rings. The fraction of sp³-hybridized carbons (Fsp3) is 0.500. The SMILES string of the molecule is CN(C)c1cccc(NCCCS(C)(=O)=O)c1. The highest BCUT2D eigenvalue weighted by Crippen LogP contribution is 2.17. The van der Waals surface area contributed by atoms with Crippen LogP contribution in [0.2, 0.25) is 0 Å². The second kappa shape index (κ2) is 5.91. The minimum atomic E-state index is -2.85. The standard InChI is InChI=1S/C12H20N2O2S/c1-14(2)12-7-4-6-11(10-12)13-8-5-9-17(3,15)16/h4,6-7,10,13H,5,8-9H2,1-3H3. The molecule has 17 heavy (non-hydrogen) atoms. The summed E-state index contributed by atoms with van der Waals surface area (Å²) in [6.07, 6.45) is 1.89. The van der Waals surface area contributed by atoms with E-state index in [4.69, 9.17) is 0 Å². The minimum absolute atomic E-state index is 0.230. The quantitative estimate of drug-likeness (QED) is 0.785. The van der Waals surface area contributed by atoms with Crippen LogP contribution in [0.25, 0.3) is 0 Å². The van der Waals surface area contributed by atoms with Crippen molar-refractivity contribution in [3.05, 3.63) is 24.3 Å². The van der Waals surface area contributed by atoms with Gasteiger partial charge < -0.3 is 10.2 Å². The lowest BCUT2D eigenvalue weighted by Crippen LogP contribution is -2.11. The van der Waals surface area contributed by atoms with Gasteiger partial charge in [0.2, 0.25) is 0 Å². The normalized spacial score (nSPS) is 11.2. The molecule has 0 bridgehead atoms. The summed E-state index contributed by atoms with van der Waals surface area (Å²) in [6.45, 7) is 0.671. The third-order valence-electron chi connectivity index (χ3n) is 2.38. The van der Waals surface area contributed by atoms with Crippen molar-refractivity contribution in [1.82, 2.24) is 0 Å². The van der Waals surface area contributed by atoms with Gasteiger partial charge in [0.1, 0.15) is 9.84 Å². The maximum absolute atomic E-state index is 11.0. The zero-order chi connectivity index (χ0) is 12.9. The highest BCUT2D eigenvalue weighted by atomic mass is 32.2. The lowest BCUT2D eigenvalue weighted by atomic mass is 10.2. The van der Waals surface area contributed by atoms with Crippen molar-refractivity contribution in [2.45, 2.75) is 6.42 Å². The van der Waals surface area contributed by atoms with Gasteiger partial charge in [0.15, 0.2) is 0 Å². The number of rotatable bonds is 6. The van der Waals surface area contributed by atoms with Gasteiger partial charge in [-0.2, -0.15) is 0 Å². The van der Waals surface area contributed by atoms with E-state index in [1.165, 1.54) is 6.26 Å². The van der Waals surface area contributed by atoms with E-state index in [2.05, 4.69) is 5.32 Å². The van der Waals surface area contributed by atoms with E-state index < -0.39 is 9.84 Å². The zero-order valence-electron chi connectivity index (χ0n) is 10.6. The van der Waals surface area contributed by atoms with Crippen LogP contribution in [-0.4, -0.2) is 41.1 Å². The Balaban J connectivity index is 2.44. The summed E-state index contributed by atoms with van der Waals surface area (Å²) >= 11 is 0. The molecule has 0 atom stereocenters. The molecular formula is C12H20N2O2S.